The third-order valence-electron chi connectivity index (χ3n) is 1.66. The number of hydrogen-bond acceptors (Lipinski definition) is 2. The second-order valence-electron chi connectivity index (χ2n) is 3.41. The molecule has 1 aromatic carbocycles. The smallest absolute Gasteiger partial charge is 0.238 e. The number of halogens is 2. The zero-order valence-corrected chi connectivity index (χ0v) is 12.3. The molecule has 15 heavy (non-hydrogen) atoms. The van der Waals surface area contributed by atoms with Crippen molar-refractivity contribution in [2.24, 2.45) is 0 Å². The maximum atomic E-state index is 11.5. The van der Waals surface area contributed by atoms with Crippen LogP contribution in [-0.4, -0.2) is 31.4 Å². The van der Waals surface area contributed by atoms with Gasteiger partial charge in [-0.2, -0.15) is 0 Å². The van der Waals surface area contributed by atoms with Gasteiger partial charge in [0.25, 0.3) is 0 Å². The lowest BCUT2D eigenvalue weighted by Crippen LogP contribution is -2.27. The molecule has 0 spiro atoms. The second kappa shape index (κ2) is 5.81. The Labute approximate surface area is 111 Å². The van der Waals surface area contributed by atoms with Crippen molar-refractivity contribution in [2.75, 3.05) is 26.0 Å². The molecule has 1 N–H and O–H groups in total. The van der Waals surface area contributed by atoms with Gasteiger partial charge in [-0.25, -0.2) is 0 Å². The van der Waals surface area contributed by atoms with Gasteiger partial charge < -0.3 is 10.2 Å². The zero-order chi connectivity index (χ0) is 11.4. The molecule has 1 aromatic rings. The van der Waals surface area contributed by atoms with Crippen LogP contribution in [0.1, 0.15) is 0 Å². The molecule has 0 aliphatic heterocycles. The minimum atomic E-state index is -0.00369. The molecule has 5 heteroatoms. The minimum absolute atomic E-state index is 0.00369. The standard InChI is InChI=1S/C10H12BrIN2O/c1-14(2)6-10(15)13-9-5-7(11)3-4-8(9)12/h3-5H,6H2,1-2H3,(H,13,15). The van der Waals surface area contributed by atoms with Crippen LogP contribution in [0.25, 0.3) is 0 Å². The van der Waals surface area contributed by atoms with Crippen molar-refractivity contribution < 1.29 is 4.79 Å². The van der Waals surface area contributed by atoms with Gasteiger partial charge in [0.2, 0.25) is 5.91 Å². The van der Waals surface area contributed by atoms with E-state index in [0.717, 1.165) is 13.7 Å². The van der Waals surface area contributed by atoms with E-state index in [2.05, 4.69) is 43.8 Å². The Morgan fingerprint density at radius 1 is 1.53 bits per heavy atom. The van der Waals surface area contributed by atoms with E-state index in [0.29, 0.717) is 6.54 Å². The molecule has 1 amide bonds. The molecule has 0 saturated carbocycles. The Bertz CT molecular complexity index is 368. The molecule has 0 fully saturated rings. The lowest BCUT2D eigenvalue weighted by Gasteiger charge is -2.11. The van der Waals surface area contributed by atoms with E-state index in [4.69, 9.17) is 0 Å². The van der Waals surface area contributed by atoms with Crippen LogP contribution in [0, 0.1) is 3.57 Å². The minimum Gasteiger partial charge on any atom is -0.324 e. The van der Waals surface area contributed by atoms with E-state index < -0.39 is 0 Å². The van der Waals surface area contributed by atoms with Gasteiger partial charge in [0.15, 0.2) is 0 Å². The Kier molecular flexibility index (Phi) is 5.01. The van der Waals surface area contributed by atoms with E-state index in [9.17, 15) is 4.79 Å². The first kappa shape index (κ1) is 12.9. The van der Waals surface area contributed by atoms with Gasteiger partial charge in [-0.15, -0.1) is 0 Å². The summed E-state index contributed by atoms with van der Waals surface area (Å²) < 4.78 is 1.99. The highest BCUT2D eigenvalue weighted by molar-refractivity contribution is 14.1. The van der Waals surface area contributed by atoms with Gasteiger partial charge in [0.05, 0.1) is 12.2 Å². The number of carbonyl (C=O) groups is 1. The first-order valence-corrected chi connectivity index (χ1v) is 6.26. The summed E-state index contributed by atoms with van der Waals surface area (Å²) in [6.45, 7) is 0.391. The Balaban J connectivity index is 2.71. The van der Waals surface area contributed by atoms with Crippen molar-refractivity contribution in [1.82, 2.24) is 4.90 Å². The third kappa shape index (κ3) is 4.48. The van der Waals surface area contributed by atoms with E-state index in [1.165, 1.54) is 0 Å². The van der Waals surface area contributed by atoms with Crippen molar-refractivity contribution in [2.45, 2.75) is 0 Å². The zero-order valence-electron chi connectivity index (χ0n) is 8.55. The quantitative estimate of drug-likeness (QED) is 0.815. The highest BCUT2D eigenvalue weighted by Gasteiger charge is 2.06. The number of amides is 1. The average molecular weight is 383 g/mol. The van der Waals surface area contributed by atoms with Crippen molar-refractivity contribution in [3.63, 3.8) is 0 Å². The fraction of sp³-hybridized carbons (Fsp3) is 0.300. The van der Waals surface area contributed by atoms with Gasteiger partial charge in [-0.1, -0.05) is 15.9 Å². The van der Waals surface area contributed by atoms with Crippen molar-refractivity contribution in [1.29, 1.82) is 0 Å². The van der Waals surface area contributed by atoms with Crippen LogP contribution in [0.2, 0.25) is 0 Å². The summed E-state index contributed by atoms with van der Waals surface area (Å²) in [6.07, 6.45) is 0. The SMILES string of the molecule is CN(C)CC(=O)Nc1cc(Br)ccc1I. The van der Waals surface area contributed by atoms with Gasteiger partial charge in [-0.05, 0) is 54.9 Å². The third-order valence-corrected chi connectivity index (χ3v) is 3.10. The van der Waals surface area contributed by atoms with E-state index >= 15 is 0 Å². The van der Waals surface area contributed by atoms with Gasteiger partial charge in [0.1, 0.15) is 0 Å². The summed E-state index contributed by atoms with van der Waals surface area (Å²) in [7, 11) is 3.73. The molecular weight excluding hydrogens is 371 g/mol. The molecule has 82 valence electrons. The largest absolute Gasteiger partial charge is 0.324 e. The molecule has 0 atom stereocenters. The summed E-state index contributed by atoms with van der Waals surface area (Å²) >= 11 is 5.57. The molecule has 0 heterocycles. The lowest BCUT2D eigenvalue weighted by molar-refractivity contribution is -0.116. The Hall–Kier alpha value is -0.140. The molecule has 0 unspecified atom stereocenters. The highest BCUT2D eigenvalue weighted by Crippen LogP contribution is 2.22. The molecule has 1 rings (SSSR count). The maximum absolute atomic E-state index is 11.5. The monoisotopic (exact) mass is 382 g/mol. The van der Waals surface area contributed by atoms with Crippen LogP contribution in [0.4, 0.5) is 5.69 Å². The van der Waals surface area contributed by atoms with Crippen molar-refractivity contribution >= 4 is 50.1 Å². The molecule has 0 aliphatic rings. The number of nitrogens with one attached hydrogen (secondary N) is 1. The fourth-order valence-corrected chi connectivity index (χ4v) is 1.90. The lowest BCUT2D eigenvalue weighted by atomic mass is 10.3. The van der Waals surface area contributed by atoms with E-state index in [1.807, 2.05) is 37.2 Å². The van der Waals surface area contributed by atoms with E-state index in [1.54, 1.807) is 0 Å². The van der Waals surface area contributed by atoms with Crippen LogP contribution in [0.3, 0.4) is 0 Å². The topological polar surface area (TPSA) is 32.3 Å². The van der Waals surface area contributed by atoms with Crippen LogP contribution in [0.5, 0.6) is 0 Å². The number of nitrogens with zero attached hydrogens (tertiary/aromatic N) is 1. The first-order valence-electron chi connectivity index (χ1n) is 4.38. The number of rotatable bonds is 3. The van der Waals surface area contributed by atoms with Gasteiger partial charge >= 0.3 is 0 Å². The summed E-state index contributed by atoms with van der Waals surface area (Å²) in [5, 5.41) is 2.86. The summed E-state index contributed by atoms with van der Waals surface area (Å²) in [5.74, 6) is -0.00369. The number of carbonyl (C=O) groups excluding carboxylic acids is 1. The molecule has 0 bridgehead atoms. The van der Waals surface area contributed by atoms with Crippen LogP contribution in [0.15, 0.2) is 22.7 Å². The normalized spacial score (nSPS) is 10.5. The molecular formula is C10H12BrIN2O. The average Bonchev–Trinajstić information content (AvgIpc) is 2.10. The number of hydrogen-bond donors (Lipinski definition) is 1. The van der Waals surface area contributed by atoms with Gasteiger partial charge in [-0.3, -0.25) is 4.79 Å². The number of likely N-dealkylation sites (N-methyl/N-ethyl adjacent to an activating group) is 1. The molecule has 0 saturated heterocycles. The highest BCUT2D eigenvalue weighted by atomic mass is 127. The van der Waals surface area contributed by atoms with Crippen molar-refractivity contribution in [3.8, 4) is 0 Å². The second-order valence-corrected chi connectivity index (χ2v) is 5.49. The van der Waals surface area contributed by atoms with Crippen LogP contribution in [-0.2, 0) is 4.79 Å². The van der Waals surface area contributed by atoms with E-state index in [-0.39, 0.29) is 5.91 Å². The predicted octanol–water partition coefficient (Wildman–Crippen LogP) is 2.55. The van der Waals surface area contributed by atoms with Crippen molar-refractivity contribution in [3.05, 3.63) is 26.2 Å². The fourth-order valence-electron chi connectivity index (χ4n) is 1.07. The van der Waals surface area contributed by atoms with Gasteiger partial charge in [0, 0.05) is 8.04 Å². The Morgan fingerprint density at radius 3 is 2.80 bits per heavy atom. The maximum Gasteiger partial charge on any atom is 0.238 e. The van der Waals surface area contributed by atoms with Crippen LogP contribution < -0.4 is 5.32 Å². The van der Waals surface area contributed by atoms with Crippen LogP contribution >= 0.6 is 38.5 Å². The molecule has 0 radical (unpaired) electrons. The first-order chi connectivity index (χ1) is 6.99. The predicted molar refractivity (Wildman–Crippen MR) is 74.0 cm³/mol. The molecule has 0 aliphatic carbocycles. The summed E-state index contributed by atoms with van der Waals surface area (Å²) in [5.41, 5.74) is 0.844. The number of anilines is 1. The molecule has 3 nitrogen and oxygen atoms in total. The number of benzene rings is 1. The summed E-state index contributed by atoms with van der Waals surface area (Å²) in [6, 6.07) is 5.80. The Morgan fingerprint density at radius 2 is 2.20 bits per heavy atom. The molecule has 0 aromatic heterocycles. The summed E-state index contributed by atoms with van der Waals surface area (Å²) in [4.78, 5) is 13.3.